The molecule has 6 rings (SSSR count). The summed E-state index contributed by atoms with van der Waals surface area (Å²) in [5, 5.41) is 10.2. The zero-order valence-electron chi connectivity index (χ0n) is 21.2. The van der Waals surface area contributed by atoms with Gasteiger partial charge >= 0.3 is 0 Å². The van der Waals surface area contributed by atoms with E-state index in [9.17, 15) is 5.26 Å². The Hall–Kier alpha value is -4.50. The molecule has 0 saturated carbocycles. The van der Waals surface area contributed by atoms with E-state index in [1.165, 1.54) is 11.1 Å². The molecule has 3 aromatic carbocycles. The number of hydrogen-bond acceptors (Lipinski definition) is 5. The number of nitriles is 1. The lowest BCUT2D eigenvalue weighted by Gasteiger charge is -2.39. The first-order valence-corrected chi connectivity index (χ1v) is 12.7. The van der Waals surface area contributed by atoms with E-state index in [-0.39, 0.29) is 0 Å². The van der Waals surface area contributed by atoms with Crippen molar-refractivity contribution >= 4 is 28.2 Å². The van der Waals surface area contributed by atoms with E-state index in [1.54, 1.807) is 7.11 Å². The van der Waals surface area contributed by atoms with Crippen LogP contribution in [0.15, 0.2) is 78.9 Å². The highest BCUT2D eigenvalue weighted by atomic mass is 16.5. The molecule has 6 nitrogen and oxygen atoms in total. The molecular weight excluding hydrogens is 458 g/mol. The zero-order valence-corrected chi connectivity index (χ0v) is 21.2. The summed E-state index contributed by atoms with van der Waals surface area (Å²) < 4.78 is 7.85. The molecule has 0 aliphatic carbocycles. The monoisotopic (exact) mass is 487 g/mol. The molecule has 1 aliphatic heterocycles. The summed E-state index contributed by atoms with van der Waals surface area (Å²) in [6.45, 7) is 5.53. The van der Waals surface area contributed by atoms with Crippen LogP contribution in [0.3, 0.4) is 0 Å². The number of benzene rings is 3. The van der Waals surface area contributed by atoms with E-state index >= 15 is 0 Å². The van der Waals surface area contributed by atoms with Crippen LogP contribution in [0, 0.1) is 18.3 Å². The highest BCUT2D eigenvalue weighted by Gasteiger charge is 2.27. The quantitative estimate of drug-likeness (QED) is 0.323. The summed E-state index contributed by atoms with van der Waals surface area (Å²) in [6, 6.07) is 29.4. The largest absolute Gasteiger partial charge is 0.495 e. The molecule has 0 unspecified atom stereocenters. The van der Waals surface area contributed by atoms with Gasteiger partial charge in [0, 0.05) is 38.2 Å². The van der Waals surface area contributed by atoms with Crippen LogP contribution < -0.4 is 14.5 Å². The highest BCUT2D eigenvalue weighted by Crippen LogP contribution is 2.36. The average molecular weight is 488 g/mol. The molecule has 5 aromatic rings. The number of fused-ring (bicyclic) bond motifs is 3. The van der Waals surface area contributed by atoms with Crippen LogP contribution in [0.1, 0.15) is 22.3 Å². The van der Waals surface area contributed by atoms with Crippen molar-refractivity contribution in [2.24, 2.45) is 0 Å². The minimum Gasteiger partial charge on any atom is -0.495 e. The van der Waals surface area contributed by atoms with Crippen LogP contribution in [0.2, 0.25) is 0 Å². The normalized spacial score (nSPS) is 13.8. The summed E-state index contributed by atoms with van der Waals surface area (Å²) in [5.74, 6) is 2.04. The Kier molecular flexibility index (Phi) is 5.90. The number of piperazine rings is 1. The van der Waals surface area contributed by atoms with Crippen LogP contribution in [0.4, 0.5) is 11.5 Å². The summed E-state index contributed by atoms with van der Waals surface area (Å²) in [5.41, 5.74) is 7.88. The Morgan fingerprint density at radius 3 is 2.30 bits per heavy atom. The van der Waals surface area contributed by atoms with Crippen molar-refractivity contribution in [1.29, 1.82) is 5.26 Å². The van der Waals surface area contributed by atoms with Crippen LogP contribution in [0.5, 0.6) is 5.75 Å². The van der Waals surface area contributed by atoms with Gasteiger partial charge in [-0.15, -0.1) is 0 Å². The van der Waals surface area contributed by atoms with Gasteiger partial charge in [0.05, 0.1) is 29.4 Å². The molecule has 1 fully saturated rings. The van der Waals surface area contributed by atoms with E-state index < -0.39 is 0 Å². The maximum absolute atomic E-state index is 10.2. The molecule has 184 valence electrons. The van der Waals surface area contributed by atoms with Gasteiger partial charge in [0.25, 0.3) is 0 Å². The molecule has 0 bridgehead atoms. The molecule has 1 aliphatic rings. The second-order valence-corrected chi connectivity index (χ2v) is 9.48. The third-order valence-corrected chi connectivity index (χ3v) is 7.43. The molecule has 0 spiro atoms. The highest BCUT2D eigenvalue weighted by molar-refractivity contribution is 5.86. The first kappa shape index (κ1) is 22.9. The van der Waals surface area contributed by atoms with Crippen LogP contribution in [-0.4, -0.2) is 42.7 Å². The number of rotatable bonds is 5. The lowest BCUT2D eigenvalue weighted by molar-refractivity contribution is 0.413. The fraction of sp³-hybridized carbons (Fsp3) is 0.226. The number of ether oxygens (including phenoxy) is 1. The molecular formula is C31H29N5O. The standard InChI is InChI=1S/C31H29N5O/c1-22-24(20-23-10-4-3-5-11-23)31(36-27-13-7-6-12-26(27)33-30(36)25(22)21-32)35-18-16-34(17-19-35)28-14-8-9-15-29(28)37-2/h3-15H,16-20H2,1-2H3. The molecule has 0 amide bonds. The second kappa shape index (κ2) is 9.51. The number of nitrogens with zero attached hydrogens (tertiary/aromatic N) is 5. The van der Waals surface area contributed by atoms with E-state index in [0.717, 1.165) is 72.1 Å². The van der Waals surface area contributed by atoms with E-state index in [0.29, 0.717) is 5.56 Å². The van der Waals surface area contributed by atoms with Crippen molar-refractivity contribution < 1.29 is 4.74 Å². The van der Waals surface area contributed by atoms with E-state index in [1.807, 2.05) is 36.4 Å². The summed E-state index contributed by atoms with van der Waals surface area (Å²) in [6.07, 6.45) is 0.756. The molecule has 0 N–H and O–H groups in total. The molecule has 0 radical (unpaired) electrons. The Balaban J connectivity index is 1.50. The molecule has 3 heterocycles. The first-order chi connectivity index (χ1) is 18.2. The second-order valence-electron chi connectivity index (χ2n) is 9.48. The van der Waals surface area contributed by atoms with Crippen molar-refractivity contribution in [2.75, 3.05) is 43.1 Å². The number of anilines is 2. The minimum atomic E-state index is 0.651. The van der Waals surface area contributed by atoms with Crippen molar-refractivity contribution in [3.63, 3.8) is 0 Å². The van der Waals surface area contributed by atoms with Crippen molar-refractivity contribution in [1.82, 2.24) is 9.38 Å². The molecule has 1 saturated heterocycles. The molecule has 2 aromatic heterocycles. The van der Waals surface area contributed by atoms with Gasteiger partial charge in [0.2, 0.25) is 0 Å². The number of hydrogen-bond donors (Lipinski definition) is 0. The summed E-state index contributed by atoms with van der Waals surface area (Å²) in [7, 11) is 1.73. The molecule has 0 atom stereocenters. The average Bonchev–Trinajstić information content (AvgIpc) is 3.33. The Labute approximate surface area is 217 Å². The maximum atomic E-state index is 10.2. The molecule has 37 heavy (non-hydrogen) atoms. The van der Waals surface area contributed by atoms with E-state index in [2.05, 4.69) is 69.7 Å². The lowest BCUT2D eigenvalue weighted by atomic mass is 9.97. The van der Waals surface area contributed by atoms with Crippen LogP contribution in [0.25, 0.3) is 16.7 Å². The van der Waals surface area contributed by atoms with Gasteiger partial charge in [-0.2, -0.15) is 5.26 Å². The Morgan fingerprint density at radius 1 is 0.865 bits per heavy atom. The maximum Gasteiger partial charge on any atom is 0.157 e. The predicted octanol–water partition coefficient (Wildman–Crippen LogP) is 5.59. The van der Waals surface area contributed by atoms with Gasteiger partial charge in [-0.05, 0) is 42.3 Å². The number of methoxy groups -OCH3 is 1. The number of para-hydroxylation sites is 4. The zero-order chi connectivity index (χ0) is 25.4. The minimum absolute atomic E-state index is 0.651. The number of imidazole rings is 1. The topological polar surface area (TPSA) is 56.8 Å². The van der Waals surface area contributed by atoms with Crippen molar-refractivity contribution in [2.45, 2.75) is 13.3 Å². The van der Waals surface area contributed by atoms with Gasteiger partial charge < -0.3 is 14.5 Å². The number of pyridine rings is 1. The lowest BCUT2D eigenvalue weighted by Crippen LogP contribution is -2.47. The Morgan fingerprint density at radius 2 is 1.54 bits per heavy atom. The van der Waals surface area contributed by atoms with Crippen LogP contribution in [-0.2, 0) is 6.42 Å². The third-order valence-electron chi connectivity index (χ3n) is 7.43. The summed E-state index contributed by atoms with van der Waals surface area (Å²) in [4.78, 5) is 9.79. The van der Waals surface area contributed by atoms with Gasteiger partial charge in [-0.25, -0.2) is 4.98 Å². The predicted molar refractivity (Wildman–Crippen MR) is 149 cm³/mol. The van der Waals surface area contributed by atoms with E-state index in [4.69, 9.17) is 9.72 Å². The van der Waals surface area contributed by atoms with Crippen molar-refractivity contribution in [3.8, 4) is 11.8 Å². The SMILES string of the molecule is COc1ccccc1N1CCN(c2c(Cc3ccccc3)c(C)c(C#N)c3nc4ccccc4n23)CC1. The van der Waals surface area contributed by atoms with Gasteiger partial charge in [0.1, 0.15) is 17.6 Å². The van der Waals surface area contributed by atoms with Gasteiger partial charge in [0.15, 0.2) is 5.65 Å². The third kappa shape index (κ3) is 3.93. The van der Waals surface area contributed by atoms with Crippen molar-refractivity contribution in [3.05, 3.63) is 101 Å². The van der Waals surface area contributed by atoms with Gasteiger partial charge in [-0.1, -0.05) is 54.6 Å². The first-order valence-electron chi connectivity index (χ1n) is 12.7. The molecule has 6 heteroatoms. The Bertz CT molecular complexity index is 1630. The fourth-order valence-corrected chi connectivity index (χ4v) is 5.56. The van der Waals surface area contributed by atoms with Crippen LogP contribution >= 0.6 is 0 Å². The summed E-state index contributed by atoms with van der Waals surface area (Å²) >= 11 is 0. The fourth-order valence-electron chi connectivity index (χ4n) is 5.56. The smallest absolute Gasteiger partial charge is 0.157 e. The van der Waals surface area contributed by atoms with Gasteiger partial charge in [-0.3, -0.25) is 4.40 Å². The number of aromatic nitrogens is 2.